The number of amides is 1. The number of quaternary nitrogens is 1. The minimum atomic E-state index is -0.646. The van der Waals surface area contributed by atoms with Crippen LogP contribution >= 0.6 is 0 Å². The first-order chi connectivity index (χ1) is 14.5. The quantitative estimate of drug-likeness (QED) is 0.474. The number of carbonyl (C=O) groups is 1. The van der Waals surface area contributed by atoms with E-state index in [0.29, 0.717) is 17.9 Å². The third-order valence-corrected chi connectivity index (χ3v) is 5.43. The van der Waals surface area contributed by atoms with Crippen LogP contribution in [0, 0.1) is 6.92 Å². The van der Waals surface area contributed by atoms with E-state index in [9.17, 15) is 9.59 Å². The van der Waals surface area contributed by atoms with E-state index in [-0.39, 0.29) is 11.5 Å². The Morgan fingerprint density at radius 1 is 1.27 bits per heavy atom. The molecule has 3 rings (SSSR count). The monoisotopic (exact) mass is 417 g/mol. The first-order valence-corrected chi connectivity index (χ1v) is 10.9. The summed E-state index contributed by atoms with van der Waals surface area (Å²) in [6, 6.07) is 5.25. The van der Waals surface area contributed by atoms with Crippen molar-refractivity contribution in [3.05, 3.63) is 39.7 Å². The average Bonchev–Trinajstić information content (AvgIpc) is 2.71. The predicted molar refractivity (Wildman–Crippen MR) is 115 cm³/mol. The summed E-state index contributed by atoms with van der Waals surface area (Å²) in [5, 5.41) is 3.75. The van der Waals surface area contributed by atoms with Gasteiger partial charge in [0.15, 0.2) is 6.10 Å². The lowest BCUT2D eigenvalue weighted by Crippen LogP contribution is -3.14. The smallest absolute Gasteiger partial charge is 0.336 e. The van der Waals surface area contributed by atoms with E-state index >= 15 is 0 Å². The largest absolute Gasteiger partial charge is 0.480 e. The van der Waals surface area contributed by atoms with Gasteiger partial charge in [-0.05, 0) is 43.5 Å². The molecule has 1 fully saturated rings. The fourth-order valence-electron chi connectivity index (χ4n) is 3.88. The SMILES string of the molecule is CCCc1cc(=O)oc2cc(C)cc(O[C@H](C)C(=O)NCCC[NH+]3CCOCC3)c12. The van der Waals surface area contributed by atoms with Crippen molar-refractivity contribution >= 4 is 16.9 Å². The van der Waals surface area contributed by atoms with Gasteiger partial charge in [-0.15, -0.1) is 0 Å². The average molecular weight is 418 g/mol. The van der Waals surface area contributed by atoms with Crippen LogP contribution in [0.4, 0.5) is 0 Å². The first kappa shape index (κ1) is 22.3. The lowest BCUT2D eigenvalue weighted by atomic mass is 10.0. The van der Waals surface area contributed by atoms with Crippen molar-refractivity contribution in [3.63, 3.8) is 0 Å². The van der Waals surface area contributed by atoms with Crippen LogP contribution in [0.2, 0.25) is 0 Å². The molecule has 0 saturated carbocycles. The number of morpholine rings is 1. The normalized spacial score (nSPS) is 15.8. The van der Waals surface area contributed by atoms with Gasteiger partial charge >= 0.3 is 5.63 Å². The molecule has 7 nitrogen and oxygen atoms in total. The number of hydrogen-bond acceptors (Lipinski definition) is 5. The van der Waals surface area contributed by atoms with Gasteiger partial charge in [-0.1, -0.05) is 13.3 Å². The first-order valence-electron chi connectivity index (χ1n) is 10.9. The number of nitrogens with one attached hydrogen (secondary N) is 2. The number of fused-ring (bicyclic) bond motifs is 1. The van der Waals surface area contributed by atoms with Gasteiger partial charge in [-0.25, -0.2) is 4.79 Å². The summed E-state index contributed by atoms with van der Waals surface area (Å²) in [6.45, 7) is 11.1. The molecule has 1 saturated heterocycles. The Kier molecular flexibility index (Phi) is 7.87. The third kappa shape index (κ3) is 5.83. The molecule has 30 heavy (non-hydrogen) atoms. The fraction of sp³-hybridized carbons (Fsp3) is 0.565. The van der Waals surface area contributed by atoms with Crippen molar-refractivity contribution in [3.8, 4) is 5.75 Å². The van der Waals surface area contributed by atoms with Crippen LogP contribution in [0.5, 0.6) is 5.75 Å². The van der Waals surface area contributed by atoms with E-state index in [1.54, 1.807) is 6.92 Å². The zero-order valence-corrected chi connectivity index (χ0v) is 18.2. The van der Waals surface area contributed by atoms with Gasteiger partial charge in [-0.3, -0.25) is 4.79 Å². The molecule has 1 atom stereocenters. The van der Waals surface area contributed by atoms with Crippen LogP contribution in [-0.2, 0) is 16.0 Å². The number of aryl methyl sites for hydroxylation is 2. The molecule has 0 radical (unpaired) electrons. The maximum Gasteiger partial charge on any atom is 0.336 e. The molecule has 1 amide bonds. The third-order valence-electron chi connectivity index (χ3n) is 5.43. The summed E-state index contributed by atoms with van der Waals surface area (Å²) in [5.74, 6) is 0.439. The van der Waals surface area contributed by atoms with Gasteiger partial charge in [-0.2, -0.15) is 0 Å². The second-order valence-electron chi connectivity index (χ2n) is 7.99. The molecule has 1 aliphatic heterocycles. The Hall–Kier alpha value is -2.38. The molecule has 1 aromatic heterocycles. The van der Waals surface area contributed by atoms with Gasteiger partial charge in [0.1, 0.15) is 24.4 Å². The number of benzene rings is 1. The summed E-state index contributed by atoms with van der Waals surface area (Å²) < 4.78 is 16.8. The Balaban J connectivity index is 1.64. The van der Waals surface area contributed by atoms with Crippen molar-refractivity contribution < 1.29 is 23.6 Å². The standard InChI is InChI=1S/C23H32N2O5/c1-4-6-18-15-21(26)30-20-14-16(2)13-19(22(18)20)29-17(3)23(27)24-7-5-8-25-9-11-28-12-10-25/h13-15,17H,4-12H2,1-3H3,(H,24,27)/p+1/t17-/m1/s1. The highest BCUT2D eigenvalue weighted by Gasteiger charge is 2.19. The van der Waals surface area contributed by atoms with Crippen molar-refractivity contribution in [2.24, 2.45) is 0 Å². The van der Waals surface area contributed by atoms with E-state index < -0.39 is 6.10 Å². The molecular formula is C23H33N2O5+. The van der Waals surface area contributed by atoms with Crippen molar-refractivity contribution in [1.29, 1.82) is 0 Å². The molecule has 0 spiro atoms. The number of ether oxygens (including phenoxy) is 2. The summed E-state index contributed by atoms with van der Waals surface area (Å²) in [6.07, 6.45) is 1.92. The topological polar surface area (TPSA) is 82.2 Å². The maximum absolute atomic E-state index is 12.5. The summed E-state index contributed by atoms with van der Waals surface area (Å²) >= 11 is 0. The van der Waals surface area contributed by atoms with E-state index in [2.05, 4.69) is 12.2 Å². The maximum atomic E-state index is 12.5. The Morgan fingerprint density at radius 2 is 2.03 bits per heavy atom. The Morgan fingerprint density at radius 3 is 2.77 bits per heavy atom. The van der Waals surface area contributed by atoms with E-state index in [0.717, 1.165) is 68.6 Å². The number of carbonyl (C=O) groups excluding carboxylic acids is 1. The molecular weight excluding hydrogens is 384 g/mol. The van der Waals surface area contributed by atoms with E-state index in [1.807, 2.05) is 19.1 Å². The molecule has 1 aliphatic rings. The zero-order valence-electron chi connectivity index (χ0n) is 18.2. The highest BCUT2D eigenvalue weighted by molar-refractivity contribution is 5.88. The van der Waals surface area contributed by atoms with Crippen molar-refractivity contribution in [1.82, 2.24) is 5.32 Å². The van der Waals surface area contributed by atoms with E-state index in [4.69, 9.17) is 13.9 Å². The number of rotatable bonds is 9. The molecule has 0 bridgehead atoms. The van der Waals surface area contributed by atoms with Gasteiger partial charge < -0.3 is 24.1 Å². The number of hydrogen-bond donors (Lipinski definition) is 2. The van der Waals surface area contributed by atoms with Crippen LogP contribution in [0.15, 0.2) is 27.4 Å². The highest BCUT2D eigenvalue weighted by atomic mass is 16.5. The second-order valence-corrected chi connectivity index (χ2v) is 7.99. The van der Waals surface area contributed by atoms with E-state index in [1.165, 1.54) is 11.0 Å². The summed E-state index contributed by atoms with van der Waals surface area (Å²) in [7, 11) is 0. The van der Waals surface area contributed by atoms with Gasteiger partial charge in [0.2, 0.25) is 0 Å². The van der Waals surface area contributed by atoms with Gasteiger partial charge in [0.05, 0.1) is 25.1 Å². The molecule has 0 unspecified atom stereocenters. The van der Waals surface area contributed by atoms with Crippen LogP contribution in [0.25, 0.3) is 11.0 Å². The molecule has 164 valence electrons. The molecule has 7 heteroatoms. The zero-order chi connectivity index (χ0) is 21.5. The predicted octanol–water partition coefficient (Wildman–Crippen LogP) is 1.24. The molecule has 0 aliphatic carbocycles. The fourth-order valence-corrected chi connectivity index (χ4v) is 3.88. The minimum Gasteiger partial charge on any atom is -0.480 e. The van der Waals surface area contributed by atoms with Gasteiger partial charge in [0.25, 0.3) is 5.91 Å². The van der Waals surface area contributed by atoms with Crippen molar-refractivity contribution in [2.45, 2.75) is 46.1 Å². The Labute approximate surface area is 177 Å². The molecule has 1 aromatic carbocycles. The molecule has 2 aromatic rings. The minimum absolute atomic E-state index is 0.143. The lowest BCUT2D eigenvalue weighted by Gasteiger charge is -2.23. The van der Waals surface area contributed by atoms with Gasteiger partial charge in [0, 0.05) is 19.0 Å². The van der Waals surface area contributed by atoms with Crippen molar-refractivity contribution in [2.75, 3.05) is 39.4 Å². The highest BCUT2D eigenvalue weighted by Crippen LogP contribution is 2.31. The summed E-state index contributed by atoms with van der Waals surface area (Å²) in [4.78, 5) is 26.0. The molecule has 2 N–H and O–H groups in total. The second kappa shape index (κ2) is 10.6. The van der Waals surface area contributed by atoms with Crippen LogP contribution in [0.1, 0.15) is 37.8 Å². The lowest BCUT2D eigenvalue weighted by molar-refractivity contribution is -0.908. The molecule has 2 heterocycles. The van der Waals surface area contributed by atoms with Crippen LogP contribution in [-0.4, -0.2) is 51.4 Å². The van der Waals surface area contributed by atoms with Crippen LogP contribution in [0.3, 0.4) is 0 Å². The van der Waals surface area contributed by atoms with Crippen LogP contribution < -0.4 is 20.6 Å². The summed E-state index contributed by atoms with van der Waals surface area (Å²) in [5.41, 5.74) is 1.94. The Bertz CT molecular complexity index is 918.